The molecule has 0 aliphatic heterocycles. The van der Waals surface area contributed by atoms with Crippen LogP contribution in [0.15, 0.2) is 59.5 Å². The van der Waals surface area contributed by atoms with E-state index in [-0.39, 0.29) is 30.3 Å². The number of rotatable bonds is 15. The van der Waals surface area contributed by atoms with Crippen LogP contribution < -0.4 is 15.8 Å². The lowest BCUT2D eigenvalue weighted by Gasteiger charge is -2.34. The minimum absolute atomic E-state index is 0.0827. The number of aliphatic hydroxyl groups is 1. The summed E-state index contributed by atoms with van der Waals surface area (Å²) in [5.41, 5.74) is 5.18. The molecule has 0 aliphatic rings. The molecule has 0 saturated heterocycles. The fourth-order valence-electron chi connectivity index (χ4n) is 4.00. The highest BCUT2D eigenvalue weighted by Gasteiger charge is 2.39. The quantitative estimate of drug-likeness (QED) is 0.306. The van der Waals surface area contributed by atoms with E-state index in [1.54, 1.807) is 32.9 Å². The van der Waals surface area contributed by atoms with Gasteiger partial charge in [-0.3, -0.25) is 9.59 Å². The number of benzene rings is 2. The molecular weight excluding hydrogens is 518 g/mol. The van der Waals surface area contributed by atoms with Gasteiger partial charge in [-0.05, 0) is 48.6 Å². The van der Waals surface area contributed by atoms with Crippen LogP contribution in [0.5, 0.6) is 5.75 Å². The molecule has 0 heterocycles. The summed E-state index contributed by atoms with van der Waals surface area (Å²) >= 11 is 0. The minimum atomic E-state index is -3.96. The number of nitrogens with one attached hydrogen (secondary N) is 1. The molecule has 216 valence electrons. The minimum Gasteiger partial charge on any atom is -0.497 e. The Morgan fingerprint density at radius 1 is 1.05 bits per heavy atom. The van der Waals surface area contributed by atoms with Crippen LogP contribution in [0.4, 0.5) is 0 Å². The number of hydrogen-bond donors (Lipinski definition) is 3. The van der Waals surface area contributed by atoms with Crippen molar-refractivity contribution in [3.63, 3.8) is 0 Å². The van der Waals surface area contributed by atoms with Crippen molar-refractivity contribution in [2.24, 2.45) is 23.0 Å². The van der Waals surface area contributed by atoms with E-state index in [1.807, 2.05) is 44.2 Å². The van der Waals surface area contributed by atoms with Crippen LogP contribution >= 0.6 is 0 Å². The van der Waals surface area contributed by atoms with Gasteiger partial charge >= 0.3 is 0 Å². The lowest BCUT2D eigenvalue weighted by molar-refractivity contribution is -0.139. The van der Waals surface area contributed by atoms with Gasteiger partial charge in [0.25, 0.3) is 0 Å². The first kappa shape index (κ1) is 32.3. The van der Waals surface area contributed by atoms with Crippen LogP contribution in [-0.2, 0) is 26.0 Å². The van der Waals surface area contributed by atoms with Crippen LogP contribution in [0.2, 0.25) is 0 Å². The van der Waals surface area contributed by atoms with Gasteiger partial charge in [0.05, 0.1) is 29.6 Å². The zero-order valence-electron chi connectivity index (χ0n) is 23.8. The van der Waals surface area contributed by atoms with Crippen LogP contribution in [0.25, 0.3) is 0 Å². The van der Waals surface area contributed by atoms with E-state index in [0.717, 1.165) is 5.56 Å². The Hall–Kier alpha value is -2.95. The predicted molar refractivity (Wildman–Crippen MR) is 151 cm³/mol. The topological polar surface area (TPSA) is 139 Å². The number of amides is 2. The molecule has 0 aromatic heterocycles. The molecule has 0 bridgehead atoms. The molecule has 3 unspecified atom stereocenters. The number of hydrogen-bond acceptors (Lipinski definition) is 6. The molecular formula is C29H43N3O6S. The molecule has 2 aromatic rings. The average molecular weight is 562 g/mol. The molecule has 0 saturated carbocycles. The first-order chi connectivity index (χ1) is 18.2. The third-order valence-corrected chi connectivity index (χ3v) is 9.10. The SMILES string of the molecule is COc1ccc(S(=O)(=O)N(CCC(C)C)CC(O)C(Cc2ccccc2)NC(=O)C(C)(C)C(C)C(N)=O)cc1. The maximum absolute atomic E-state index is 13.6. The maximum atomic E-state index is 13.6. The number of ether oxygens (including phenoxy) is 1. The van der Waals surface area contributed by atoms with Crippen molar-refractivity contribution in [2.45, 2.75) is 64.5 Å². The Kier molecular flexibility index (Phi) is 11.5. The Morgan fingerprint density at radius 3 is 2.15 bits per heavy atom. The molecule has 0 spiro atoms. The fraction of sp³-hybridized carbons (Fsp3) is 0.517. The Balaban J connectivity index is 2.39. The molecule has 4 N–H and O–H groups in total. The van der Waals surface area contributed by atoms with E-state index >= 15 is 0 Å². The molecule has 2 rings (SSSR count). The molecule has 0 aliphatic carbocycles. The van der Waals surface area contributed by atoms with Crippen LogP contribution in [0.1, 0.15) is 46.6 Å². The summed E-state index contributed by atoms with van der Waals surface area (Å²) in [5.74, 6) is -1.07. The average Bonchev–Trinajstić information content (AvgIpc) is 2.90. The van der Waals surface area contributed by atoms with Gasteiger partial charge in [0.1, 0.15) is 5.75 Å². The smallest absolute Gasteiger partial charge is 0.243 e. The molecule has 0 fully saturated rings. The largest absolute Gasteiger partial charge is 0.497 e. The van der Waals surface area contributed by atoms with Crippen LogP contribution in [0, 0.1) is 17.3 Å². The summed E-state index contributed by atoms with van der Waals surface area (Å²) in [6.07, 6.45) is -0.398. The van der Waals surface area contributed by atoms with Gasteiger partial charge in [-0.2, -0.15) is 4.31 Å². The van der Waals surface area contributed by atoms with Gasteiger partial charge in [0.2, 0.25) is 21.8 Å². The molecule has 39 heavy (non-hydrogen) atoms. The number of primary amides is 1. The van der Waals surface area contributed by atoms with Crippen molar-refractivity contribution in [1.29, 1.82) is 0 Å². The third-order valence-electron chi connectivity index (χ3n) is 7.22. The van der Waals surface area contributed by atoms with E-state index in [4.69, 9.17) is 10.5 Å². The number of nitrogens with two attached hydrogens (primary N) is 1. The molecule has 3 atom stereocenters. The standard InChI is InChI=1S/C29H43N3O6S/c1-20(2)16-17-32(39(36,37)24-14-12-23(38-6)13-15-24)19-26(33)25(18-22-10-8-7-9-11-22)31-28(35)29(4,5)21(3)27(30)34/h7-15,20-21,25-26,33H,16-19H2,1-6H3,(H2,30,34)(H,31,35). The zero-order valence-corrected chi connectivity index (χ0v) is 24.6. The lowest BCUT2D eigenvalue weighted by Crippen LogP contribution is -2.55. The number of aliphatic hydroxyl groups excluding tert-OH is 1. The second kappa shape index (κ2) is 13.9. The van der Waals surface area contributed by atoms with Crippen molar-refractivity contribution >= 4 is 21.8 Å². The molecule has 2 amide bonds. The van der Waals surface area contributed by atoms with Gasteiger partial charge in [-0.1, -0.05) is 65.0 Å². The summed E-state index contributed by atoms with van der Waals surface area (Å²) < 4.78 is 33.7. The van der Waals surface area contributed by atoms with Gasteiger partial charge in [-0.25, -0.2) is 8.42 Å². The van der Waals surface area contributed by atoms with Gasteiger partial charge < -0.3 is 20.9 Å². The number of carbonyl (C=O) groups excluding carboxylic acids is 2. The second-order valence-electron chi connectivity index (χ2n) is 10.9. The summed E-state index contributed by atoms with van der Waals surface area (Å²) in [6.45, 7) is 8.77. The van der Waals surface area contributed by atoms with Crippen molar-refractivity contribution in [1.82, 2.24) is 9.62 Å². The summed E-state index contributed by atoms with van der Waals surface area (Å²) in [5, 5.41) is 14.3. The number of carbonyl (C=O) groups is 2. The molecule has 9 nitrogen and oxygen atoms in total. The lowest BCUT2D eigenvalue weighted by atomic mass is 9.78. The highest BCUT2D eigenvalue weighted by molar-refractivity contribution is 7.89. The Morgan fingerprint density at radius 2 is 1.64 bits per heavy atom. The Bertz CT molecular complexity index is 1180. The van der Waals surface area contributed by atoms with E-state index < -0.39 is 45.3 Å². The second-order valence-corrected chi connectivity index (χ2v) is 12.8. The monoisotopic (exact) mass is 561 g/mol. The van der Waals surface area contributed by atoms with Crippen LogP contribution in [-0.4, -0.2) is 62.0 Å². The highest BCUT2D eigenvalue weighted by Crippen LogP contribution is 2.27. The van der Waals surface area contributed by atoms with Crippen LogP contribution in [0.3, 0.4) is 0 Å². The first-order valence-corrected chi connectivity index (χ1v) is 14.6. The zero-order chi connectivity index (χ0) is 29.4. The highest BCUT2D eigenvalue weighted by atomic mass is 32.2. The molecule has 0 radical (unpaired) electrons. The maximum Gasteiger partial charge on any atom is 0.243 e. The first-order valence-electron chi connectivity index (χ1n) is 13.2. The van der Waals surface area contributed by atoms with E-state index in [1.165, 1.54) is 23.5 Å². The summed E-state index contributed by atoms with van der Waals surface area (Å²) in [4.78, 5) is 25.2. The Labute approximate surface area is 232 Å². The number of nitrogens with zero attached hydrogens (tertiary/aromatic N) is 1. The third kappa shape index (κ3) is 8.78. The summed E-state index contributed by atoms with van der Waals surface area (Å²) in [7, 11) is -2.46. The van der Waals surface area contributed by atoms with Crippen molar-refractivity contribution < 1.29 is 27.9 Å². The van der Waals surface area contributed by atoms with E-state index in [9.17, 15) is 23.1 Å². The van der Waals surface area contributed by atoms with Crippen molar-refractivity contribution in [3.8, 4) is 5.75 Å². The van der Waals surface area contributed by atoms with E-state index in [2.05, 4.69) is 5.32 Å². The van der Waals surface area contributed by atoms with Gasteiger partial charge in [0, 0.05) is 19.0 Å². The number of methoxy groups -OCH3 is 1. The van der Waals surface area contributed by atoms with E-state index in [0.29, 0.717) is 12.2 Å². The normalized spacial score (nSPS) is 14.6. The predicted octanol–water partition coefficient (Wildman–Crippen LogP) is 2.97. The molecule has 2 aromatic carbocycles. The van der Waals surface area contributed by atoms with Gasteiger partial charge in [0.15, 0.2) is 0 Å². The molecule has 10 heteroatoms. The number of sulfonamides is 1. The van der Waals surface area contributed by atoms with Gasteiger partial charge in [-0.15, -0.1) is 0 Å². The van der Waals surface area contributed by atoms with Crippen molar-refractivity contribution in [3.05, 3.63) is 60.2 Å². The summed E-state index contributed by atoms with van der Waals surface area (Å²) in [6, 6.07) is 14.6. The fourth-order valence-corrected chi connectivity index (χ4v) is 5.48. The van der Waals surface area contributed by atoms with Crippen molar-refractivity contribution in [2.75, 3.05) is 20.2 Å².